The van der Waals surface area contributed by atoms with Gasteiger partial charge in [0.1, 0.15) is 17.9 Å². The van der Waals surface area contributed by atoms with Crippen molar-refractivity contribution in [1.29, 1.82) is 0 Å². The Bertz CT molecular complexity index is 1380. The number of aryl methyl sites for hydroxylation is 1. The van der Waals surface area contributed by atoms with Gasteiger partial charge in [0, 0.05) is 17.0 Å². The minimum absolute atomic E-state index is 0.0612. The van der Waals surface area contributed by atoms with Crippen molar-refractivity contribution in [2.24, 2.45) is 0 Å². The van der Waals surface area contributed by atoms with Crippen LogP contribution >= 0.6 is 0 Å². The summed E-state index contributed by atoms with van der Waals surface area (Å²) in [4.78, 5) is 37.5. The van der Waals surface area contributed by atoms with Gasteiger partial charge in [-0.05, 0) is 42.7 Å². The lowest BCUT2D eigenvalue weighted by Crippen LogP contribution is -2.36. The van der Waals surface area contributed by atoms with Crippen molar-refractivity contribution in [3.8, 4) is 5.75 Å². The summed E-state index contributed by atoms with van der Waals surface area (Å²) in [6.45, 7) is 3.59. The number of alkyl carbamates (subject to hydrolysis) is 1. The second-order valence-corrected chi connectivity index (χ2v) is 7.77. The van der Waals surface area contributed by atoms with E-state index in [2.05, 4.69) is 5.32 Å². The van der Waals surface area contributed by atoms with Crippen LogP contribution in [-0.4, -0.2) is 12.1 Å². The van der Waals surface area contributed by atoms with Gasteiger partial charge in [0.25, 0.3) is 0 Å². The number of carbonyl (C=O) groups is 2. The summed E-state index contributed by atoms with van der Waals surface area (Å²) in [5.41, 5.74) is 2.54. The molecule has 1 amide bonds. The van der Waals surface area contributed by atoms with Crippen LogP contribution in [0.15, 0.2) is 88.1 Å². The number of hydrogen-bond donors (Lipinski definition) is 1. The average molecular weight is 457 g/mol. The van der Waals surface area contributed by atoms with Crippen molar-refractivity contribution in [2.45, 2.75) is 26.5 Å². The highest BCUT2D eigenvalue weighted by atomic mass is 16.6. The molecule has 1 N–H and O–H groups in total. The molecule has 0 spiro atoms. The lowest BCUT2D eigenvalue weighted by Gasteiger charge is -2.18. The molecule has 1 unspecified atom stereocenters. The van der Waals surface area contributed by atoms with Crippen molar-refractivity contribution in [1.82, 2.24) is 5.32 Å². The fourth-order valence-corrected chi connectivity index (χ4v) is 3.47. The molecule has 0 saturated heterocycles. The highest BCUT2D eigenvalue weighted by Gasteiger charge is 2.26. The Kier molecular flexibility index (Phi) is 6.73. The molecule has 1 atom stereocenters. The average Bonchev–Trinajstić information content (AvgIpc) is 2.85. The predicted molar refractivity (Wildman–Crippen MR) is 127 cm³/mol. The van der Waals surface area contributed by atoms with E-state index in [0.29, 0.717) is 16.7 Å². The highest BCUT2D eigenvalue weighted by molar-refractivity contribution is 5.86. The van der Waals surface area contributed by atoms with Crippen molar-refractivity contribution in [3.63, 3.8) is 0 Å². The van der Waals surface area contributed by atoms with Gasteiger partial charge in [-0.1, -0.05) is 60.7 Å². The van der Waals surface area contributed by atoms with E-state index in [1.165, 1.54) is 6.07 Å². The van der Waals surface area contributed by atoms with E-state index >= 15 is 0 Å². The van der Waals surface area contributed by atoms with Crippen molar-refractivity contribution in [3.05, 3.63) is 112 Å². The summed E-state index contributed by atoms with van der Waals surface area (Å²) in [6, 6.07) is 21.6. The van der Waals surface area contributed by atoms with Crippen LogP contribution in [0.1, 0.15) is 28.3 Å². The molecule has 0 aliphatic rings. The molecule has 7 heteroatoms. The zero-order valence-electron chi connectivity index (χ0n) is 18.7. The monoisotopic (exact) mass is 457 g/mol. The van der Waals surface area contributed by atoms with Gasteiger partial charge >= 0.3 is 17.7 Å². The Morgan fingerprint density at radius 1 is 0.912 bits per heavy atom. The molecule has 1 heterocycles. The molecule has 7 nitrogen and oxygen atoms in total. The minimum atomic E-state index is -1.10. The minimum Gasteiger partial charge on any atom is -0.445 e. The molecule has 3 aromatic carbocycles. The van der Waals surface area contributed by atoms with E-state index in [0.717, 1.165) is 16.5 Å². The van der Waals surface area contributed by atoms with Crippen LogP contribution in [0.25, 0.3) is 11.0 Å². The number of amides is 1. The zero-order valence-corrected chi connectivity index (χ0v) is 18.7. The third-order valence-corrected chi connectivity index (χ3v) is 5.49. The molecular weight excluding hydrogens is 434 g/mol. The standard InChI is InChI=1S/C27H23NO6/c1-17-18(2)25(29)34-23-15-21(13-14-22(17)23)33-26(30)24(20-11-7-4-8-12-20)28-27(31)32-16-19-9-5-3-6-10-19/h3-15,24H,16H2,1-2H3,(H,28,31). The van der Waals surface area contributed by atoms with Gasteiger partial charge in [0.2, 0.25) is 0 Å². The molecule has 0 aliphatic carbocycles. The van der Waals surface area contributed by atoms with Crippen LogP contribution in [0.2, 0.25) is 0 Å². The number of benzene rings is 3. The number of carbonyl (C=O) groups excluding carboxylic acids is 2. The number of ether oxygens (including phenoxy) is 2. The van der Waals surface area contributed by atoms with Gasteiger partial charge in [-0.2, -0.15) is 0 Å². The molecule has 172 valence electrons. The number of esters is 1. The maximum absolute atomic E-state index is 13.1. The molecule has 0 radical (unpaired) electrons. The van der Waals surface area contributed by atoms with Gasteiger partial charge in [0.15, 0.2) is 6.04 Å². The number of hydrogen-bond acceptors (Lipinski definition) is 6. The van der Waals surface area contributed by atoms with Gasteiger partial charge in [-0.3, -0.25) is 0 Å². The first-order valence-corrected chi connectivity index (χ1v) is 10.7. The van der Waals surface area contributed by atoms with Crippen LogP contribution in [-0.2, 0) is 16.1 Å². The molecule has 0 bridgehead atoms. The van der Waals surface area contributed by atoms with Crippen LogP contribution in [0.5, 0.6) is 5.75 Å². The van der Waals surface area contributed by atoms with E-state index in [4.69, 9.17) is 13.9 Å². The normalized spacial score (nSPS) is 11.6. The van der Waals surface area contributed by atoms with Crippen LogP contribution < -0.4 is 15.7 Å². The Balaban J connectivity index is 1.53. The summed E-state index contributed by atoms with van der Waals surface area (Å²) < 4.78 is 16.2. The smallest absolute Gasteiger partial charge is 0.408 e. The van der Waals surface area contributed by atoms with Crippen molar-refractivity contribution in [2.75, 3.05) is 0 Å². The molecule has 0 aliphatic heterocycles. The summed E-state index contributed by atoms with van der Waals surface area (Å²) in [5.74, 6) is -0.530. The summed E-state index contributed by atoms with van der Waals surface area (Å²) in [6.07, 6.45) is -0.759. The van der Waals surface area contributed by atoms with Gasteiger partial charge in [0.05, 0.1) is 0 Å². The van der Waals surface area contributed by atoms with Gasteiger partial charge in [-0.15, -0.1) is 0 Å². The second kappa shape index (κ2) is 10.0. The Hall–Kier alpha value is -4.39. The molecule has 34 heavy (non-hydrogen) atoms. The number of rotatable bonds is 6. The molecular formula is C27H23NO6. The third kappa shape index (κ3) is 5.15. The van der Waals surface area contributed by atoms with Crippen LogP contribution in [0, 0.1) is 13.8 Å². The SMILES string of the molecule is Cc1c(C)c2ccc(OC(=O)C(NC(=O)OCc3ccccc3)c3ccccc3)cc2oc1=O. The lowest BCUT2D eigenvalue weighted by molar-refractivity contribution is -0.136. The largest absolute Gasteiger partial charge is 0.445 e. The van der Waals surface area contributed by atoms with E-state index < -0.39 is 23.7 Å². The summed E-state index contributed by atoms with van der Waals surface area (Å²) in [5, 5.41) is 3.33. The Morgan fingerprint density at radius 3 is 2.29 bits per heavy atom. The number of nitrogens with one attached hydrogen (secondary N) is 1. The number of fused-ring (bicyclic) bond motifs is 1. The predicted octanol–water partition coefficient (Wildman–Crippen LogP) is 4.98. The third-order valence-electron chi connectivity index (χ3n) is 5.49. The van der Waals surface area contributed by atoms with E-state index in [1.807, 2.05) is 37.3 Å². The molecule has 4 rings (SSSR count). The quantitative estimate of drug-likeness (QED) is 0.249. The molecule has 0 fully saturated rings. The van der Waals surface area contributed by atoms with Gasteiger partial charge in [-0.25, -0.2) is 14.4 Å². The Morgan fingerprint density at radius 2 is 1.59 bits per heavy atom. The fourth-order valence-electron chi connectivity index (χ4n) is 3.47. The van der Waals surface area contributed by atoms with E-state index in [9.17, 15) is 14.4 Å². The maximum Gasteiger partial charge on any atom is 0.408 e. The zero-order chi connectivity index (χ0) is 24.1. The Labute approximate surface area is 195 Å². The van der Waals surface area contributed by atoms with E-state index in [-0.39, 0.29) is 12.4 Å². The van der Waals surface area contributed by atoms with Crippen LogP contribution in [0.3, 0.4) is 0 Å². The van der Waals surface area contributed by atoms with Crippen LogP contribution in [0.4, 0.5) is 4.79 Å². The fraction of sp³-hybridized carbons (Fsp3) is 0.148. The second-order valence-electron chi connectivity index (χ2n) is 7.77. The van der Waals surface area contributed by atoms with Gasteiger partial charge < -0.3 is 19.2 Å². The lowest BCUT2D eigenvalue weighted by atomic mass is 10.1. The maximum atomic E-state index is 13.1. The summed E-state index contributed by atoms with van der Waals surface area (Å²) >= 11 is 0. The molecule has 4 aromatic rings. The summed E-state index contributed by atoms with van der Waals surface area (Å²) in [7, 11) is 0. The van der Waals surface area contributed by atoms with Crippen molar-refractivity contribution >= 4 is 23.0 Å². The topological polar surface area (TPSA) is 94.8 Å². The highest BCUT2D eigenvalue weighted by Crippen LogP contribution is 2.25. The first-order chi connectivity index (χ1) is 16.4. The first-order valence-electron chi connectivity index (χ1n) is 10.7. The first kappa shape index (κ1) is 22.8. The molecule has 1 aromatic heterocycles. The van der Waals surface area contributed by atoms with Crippen molar-refractivity contribution < 1.29 is 23.5 Å². The van der Waals surface area contributed by atoms with E-state index in [1.54, 1.807) is 49.4 Å². The molecule has 0 saturated carbocycles.